The van der Waals surface area contributed by atoms with Gasteiger partial charge in [0.15, 0.2) is 0 Å². The van der Waals surface area contributed by atoms with E-state index in [2.05, 4.69) is 5.32 Å². The number of carbonyl (C=O) groups excluding carboxylic acids is 1. The molecule has 3 N–H and O–H groups in total. The molecule has 2 aromatic carbocycles. The summed E-state index contributed by atoms with van der Waals surface area (Å²) in [6.45, 7) is 1.27. The van der Waals surface area contributed by atoms with Crippen molar-refractivity contribution in [3.63, 3.8) is 0 Å². The van der Waals surface area contributed by atoms with Gasteiger partial charge in [0, 0.05) is 17.7 Å². The molecule has 1 amide bonds. The molecule has 0 saturated carbocycles. The van der Waals surface area contributed by atoms with Crippen molar-refractivity contribution in [2.24, 2.45) is 0 Å². The fourth-order valence-corrected chi connectivity index (χ4v) is 2.32. The van der Waals surface area contributed by atoms with Crippen molar-refractivity contribution in [2.45, 2.75) is 13.5 Å². The number of carbonyl (C=O) groups is 3. The van der Waals surface area contributed by atoms with Gasteiger partial charge in [-0.05, 0) is 42.8 Å². The van der Waals surface area contributed by atoms with Crippen LogP contribution in [0.15, 0.2) is 36.4 Å². The van der Waals surface area contributed by atoms with Gasteiger partial charge < -0.3 is 15.5 Å². The fourth-order valence-electron chi connectivity index (χ4n) is 2.32. The highest BCUT2D eigenvalue weighted by atomic mass is 19.1. The van der Waals surface area contributed by atoms with Gasteiger partial charge in [0.05, 0.1) is 11.1 Å². The third kappa shape index (κ3) is 3.57. The average Bonchev–Trinajstić information content (AvgIpc) is 2.52. The number of aromatic carboxylic acids is 2. The van der Waals surface area contributed by atoms with Crippen LogP contribution >= 0.6 is 0 Å². The second-order valence-corrected chi connectivity index (χ2v) is 5.08. The zero-order chi connectivity index (χ0) is 17.9. The van der Waals surface area contributed by atoms with Gasteiger partial charge in [0.2, 0.25) is 0 Å². The van der Waals surface area contributed by atoms with Crippen molar-refractivity contribution in [3.8, 4) is 0 Å². The number of hydrogen-bond acceptors (Lipinski definition) is 3. The molecular weight excluding hydrogens is 317 g/mol. The predicted octanol–water partition coefficient (Wildman–Crippen LogP) is 2.46. The smallest absolute Gasteiger partial charge is 0.336 e. The molecule has 0 radical (unpaired) electrons. The lowest BCUT2D eigenvalue weighted by atomic mass is 9.96. The van der Waals surface area contributed by atoms with Gasteiger partial charge in [-0.25, -0.2) is 14.0 Å². The van der Waals surface area contributed by atoms with E-state index in [1.165, 1.54) is 24.3 Å². The molecule has 2 aromatic rings. The maximum Gasteiger partial charge on any atom is 0.336 e. The SMILES string of the molecule is Cc1ccc(C(=O)O)c(CNC(=O)c2ccc(F)cc2)c1C(=O)O. The molecule has 0 bridgehead atoms. The maximum atomic E-state index is 12.9. The molecule has 2 rings (SSSR count). The highest BCUT2D eigenvalue weighted by Crippen LogP contribution is 2.20. The van der Waals surface area contributed by atoms with Crippen molar-refractivity contribution in [3.05, 3.63) is 70.0 Å². The molecule has 0 saturated heterocycles. The van der Waals surface area contributed by atoms with Crippen molar-refractivity contribution in [1.82, 2.24) is 5.32 Å². The molecule has 0 spiro atoms. The second kappa shape index (κ2) is 6.91. The van der Waals surface area contributed by atoms with Crippen molar-refractivity contribution >= 4 is 17.8 Å². The average molecular weight is 331 g/mol. The minimum absolute atomic E-state index is 0.00506. The van der Waals surface area contributed by atoms with Gasteiger partial charge in [-0.2, -0.15) is 0 Å². The summed E-state index contributed by atoms with van der Waals surface area (Å²) in [5, 5.41) is 21.0. The molecule has 0 unspecified atom stereocenters. The number of carboxylic acid groups (broad SMARTS) is 2. The van der Waals surface area contributed by atoms with E-state index in [-0.39, 0.29) is 28.8 Å². The molecule has 6 nitrogen and oxygen atoms in total. The number of amides is 1. The number of benzene rings is 2. The van der Waals surface area contributed by atoms with E-state index in [0.29, 0.717) is 5.56 Å². The number of carboxylic acids is 2. The Labute approximate surface area is 136 Å². The molecule has 7 heteroatoms. The van der Waals surface area contributed by atoms with E-state index in [0.717, 1.165) is 12.1 Å². The van der Waals surface area contributed by atoms with Crippen LogP contribution in [0.5, 0.6) is 0 Å². The Morgan fingerprint density at radius 1 is 1.00 bits per heavy atom. The van der Waals surface area contributed by atoms with Crippen LogP contribution in [0.3, 0.4) is 0 Å². The Morgan fingerprint density at radius 3 is 2.17 bits per heavy atom. The summed E-state index contributed by atoms with van der Waals surface area (Å²) in [5.74, 6) is -3.62. The summed E-state index contributed by atoms with van der Waals surface area (Å²) in [5.41, 5.74) is 0.216. The monoisotopic (exact) mass is 331 g/mol. The number of nitrogens with one attached hydrogen (secondary N) is 1. The quantitative estimate of drug-likeness (QED) is 0.781. The summed E-state index contributed by atoms with van der Waals surface area (Å²) in [4.78, 5) is 34.8. The normalized spacial score (nSPS) is 10.2. The van der Waals surface area contributed by atoms with Crippen LogP contribution in [0.1, 0.15) is 42.2 Å². The Morgan fingerprint density at radius 2 is 1.62 bits per heavy atom. The van der Waals surface area contributed by atoms with E-state index in [9.17, 15) is 29.0 Å². The maximum absolute atomic E-state index is 12.9. The van der Waals surface area contributed by atoms with Gasteiger partial charge in [0.1, 0.15) is 5.82 Å². The van der Waals surface area contributed by atoms with Crippen LogP contribution in [-0.4, -0.2) is 28.1 Å². The molecule has 24 heavy (non-hydrogen) atoms. The van der Waals surface area contributed by atoms with Gasteiger partial charge in [-0.3, -0.25) is 4.79 Å². The molecule has 0 aliphatic carbocycles. The lowest BCUT2D eigenvalue weighted by molar-refractivity contribution is 0.0692. The van der Waals surface area contributed by atoms with E-state index in [4.69, 9.17) is 0 Å². The summed E-state index contributed by atoms with van der Waals surface area (Å²) in [6, 6.07) is 7.48. The third-order valence-electron chi connectivity index (χ3n) is 3.50. The molecule has 0 atom stereocenters. The van der Waals surface area contributed by atoms with Crippen LogP contribution in [0.2, 0.25) is 0 Å². The minimum atomic E-state index is -1.29. The number of rotatable bonds is 5. The topological polar surface area (TPSA) is 104 Å². The van der Waals surface area contributed by atoms with E-state index in [1.54, 1.807) is 6.92 Å². The second-order valence-electron chi connectivity index (χ2n) is 5.08. The molecule has 0 fully saturated rings. The van der Waals surface area contributed by atoms with Crippen LogP contribution < -0.4 is 5.32 Å². The predicted molar refractivity (Wildman–Crippen MR) is 82.7 cm³/mol. The summed E-state index contributed by atoms with van der Waals surface area (Å²) < 4.78 is 12.9. The standard InChI is InChI=1S/C17H14FNO5/c1-9-2-7-12(16(21)22)13(14(9)17(23)24)8-19-15(20)10-3-5-11(18)6-4-10/h2-7H,8H2,1H3,(H,19,20)(H,21,22)(H,23,24). The number of halogens is 1. The molecule has 0 heterocycles. The third-order valence-corrected chi connectivity index (χ3v) is 3.50. The zero-order valence-electron chi connectivity index (χ0n) is 12.7. The van der Waals surface area contributed by atoms with E-state index in [1.807, 2.05) is 0 Å². The van der Waals surface area contributed by atoms with Crippen LogP contribution in [0.4, 0.5) is 4.39 Å². The summed E-state index contributed by atoms with van der Waals surface area (Å²) in [6.07, 6.45) is 0. The lowest BCUT2D eigenvalue weighted by Gasteiger charge is -2.13. The van der Waals surface area contributed by atoms with Crippen LogP contribution in [0.25, 0.3) is 0 Å². The van der Waals surface area contributed by atoms with Gasteiger partial charge in [-0.15, -0.1) is 0 Å². The molecular formula is C17H14FNO5. The first-order chi connectivity index (χ1) is 11.3. The summed E-state index contributed by atoms with van der Waals surface area (Å²) in [7, 11) is 0. The van der Waals surface area contributed by atoms with E-state index < -0.39 is 23.7 Å². The molecule has 0 aliphatic rings. The highest BCUT2D eigenvalue weighted by molar-refractivity contribution is 5.98. The largest absolute Gasteiger partial charge is 0.478 e. The number of aryl methyl sites for hydroxylation is 1. The first-order valence-corrected chi connectivity index (χ1v) is 6.94. The molecule has 124 valence electrons. The fraction of sp³-hybridized carbons (Fsp3) is 0.118. The molecule has 0 aliphatic heterocycles. The van der Waals surface area contributed by atoms with Crippen LogP contribution in [0, 0.1) is 12.7 Å². The van der Waals surface area contributed by atoms with Crippen molar-refractivity contribution in [2.75, 3.05) is 0 Å². The Balaban J connectivity index is 2.32. The Bertz CT molecular complexity index is 814. The summed E-state index contributed by atoms with van der Waals surface area (Å²) >= 11 is 0. The minimum Gasteiger partial charge on any atom is -0.478 e. The van der Waals surface area contributed by atoms with Gasteiger partial charge in [-0.1, -0.05) is 6.07 Å². The number of hydrogen-bond donors (Lipinski definition) is 3. The first-order valence-electron chi connectivity index (χ1n) is 6.94. The van der Waals surface area contributed by atoms with Gasteiger partial charge in [0.25, 0.3) is 5.91 Å². The highest BCUT2D eigenvalue weighted by Gasteiger charge is 2.21. The van der Waals surface area contributed by atoms with E-state index >= 15 is 0 Å². The zero-order valence-corrected chi connectivity index (χ0v) is 12.7. The van der Waals surface area contributed by atoms with Crippen LogP contribution in [-0.2, 0) is 6.54 Å². The van der Waals surface area contributed by atoms with Gasteiger partial charge >= 0.3 is 11.9 Å². The first kappa shape index (κ1) is 17.1. The molecule has 0 aromatic heterocycles. The Kier molecular flexibility index (Phi) is 4.93. The lowest BCUT2D eigenvalue weighted by Crippen LogP contribution is -2.26. The van der Waals surface area contributed by atoms with Crippen molar-refractivity contribution in [1.29, 1.82) is 0 Å². The Hall–Kier alpha value is -3.22. The van der Waals surface area contributed by atoms with Crippen molar-refractivity contribution < 1.29 is 29.0 Å².